The van der Waals surface area contributed by atoms with Gasteiger partial charge in [-0.15, -0.1) is 0 Å². The maximum atomic E-state index is 11.6. The number of H-pyrrole nitrogens is 1. The van der Waals surface area contributed by atoms with E-state index in [9.17, 15) is 4.79 Å². The number of hydrogen-bond donors (Lipinski definition) is 2. The quantitative estimate of drug-likeness (QED) is 0.812. The van der Waals surface area contributed by atoms with Crippen LogP contribution in [0.2, 0.25) is 0 Å². The van der Waals surface area contributed by atoms with Crippen molar-refractivity contribution in [3.63, 3.8) is 0 Å². The van der Waals surface area contributed by atoms with Gasteiger partial charge in [-0.3, -0.25) is 9.89 Å². The van der Waals surface area contributed by atoms with Crippen LogP contribution in [0.1, 0.15) is 11.3 Å². The van der Waals surface area contributed by atoms with Gasteiger partial charge in [0.15, 0.2) is 0 Å². The molecule has 0 bridgehead atoms. The van der Waals surface area contributed by atoms with Crippen molar-refractivity contribution in [3.8, 4) is 0 Å². The first kappa shape index (κ1) is 10.4. The van der Waals surface area contributed by atoms with E-state index in [0.29, 0.717) is 5.82 Å². The molecule has 2 N–H and O–H groups in total. The summed E-state index contributed by atoms with van der Waals surface area (Å²) < 4.78 is 0. The number of nitrogens with zero attached hydrogens (tertiary/aromatic N) is 2. The predicted octanol–water partition coefficient (Wildman–Crippen LogP) is 1.29. The molecule has 0 aliphatic carbocycles. The first-order valence-corrected chi connectivity index (χ1v) is 4.95. The first-order valence-electron chi connectivity index (χ1n) is 4.95. The molecule has 5 heteroatoms. The molecule has 0 radical (unpaired) electrons. The van der Waals surface area contributed by atoms with Crippen LogP contribution >= 0.6 is 0 Å². The Bertz CT molecular complexity index is 478. The highest BCUT2D eigenvalue weighted by atomic mass is 16.1. The fourth-order valence-corrected chi connectivity index (χ4v) is 1.35. The van der Waals surface area contributed by atoms with E-state index in [0.717, 1.165) is 11.3 Å². The summed E-state index contributed by atoms with van der Waals surface area (Å²) in [5.41, 5.74) is 1.73. The van der Waals surface area contributed by atoms with Crippen molar-refractivity contribution in [2.24, 2.45) is 0 Å². The van der Waals surface area contributed by atoms with Crippen molar-refractivity contribution in [2.75, 3.05) is 5.32 Å². The zero-order valence-corrected chi connectivity index (χ0v) is 8.90. The maximum Gasteiger partial charge on any atom is 0.231 e. The molecular weight excluding hydrogens is 204 g/mol. The lowest BCUT2D eigenvalue weighted by atomic mass is 10.2. The average Bonchev–Trinajstić information content (AvgIpc) is 2.74. The highest BCUT2D eigenvalue weighted by Gasteiger charge is 2.06. The Labute approximate surface area is 92.9 Å². The Morgan fingerprint density at radius 3 is 3.00 bits per heavy atom. The fraction of sp³-hybridized carbons (Fsp3) is 0.182. The van der Waals surface area contributed by atoms with Gasteiger partial charge < -0.3 is 5.32 Å². The van der Waals surface area contributed by atoms with Crippen molar-refractivity contribution in [3.05, 3.63) is 41.9 Å². The number of amides is 1. The van der Waals surface area contributed by atoms with Crippen LogP contribution in [0.25, 0.3) is 0 Å². The van der Waals surface area contributed by atoms with E-state index < -0.39 is 0 Å². The van der Waals surface area contributed by atoms with Gasteiger partial charge in [0, 0.05) is 18.1 Å². The topological polar surface area (TPSA) is 70.7 Å². The van der Waals surface area contributed by atoms with Crippen molar-refractivity contribution in [1.29, 1.82) is 0 Å². The van der Waals surface area contributed by atoms with Gasteiger partial charge in [0.2, 0.25) is 5.91 Å². The van der Waals surface area contributed by atoms with E-state index in [4.69, 9.17) is 0 Å². The van der Waals surface area contributed by atoms with Gasteiger partial charge in [-0.05, 0) is 24.6 Å². The van der Waals surface area contributed by atoms with Gasteiger partial charge >= 0.3 is 0 Å². The molecule has 0 atom stereocenters. The zero-order valence-electron chi connectivity index (χ0n) is 8.90. The van der Waals surface area contributed by atoms with Gasteiger partial charge in [-0.1, -0.05) is 6.07 Å². The molecule has 0 aromatic carbocycles. The molecule has 0 aliphatic heterocycles. The molecule has 0 saturated carbocycles. The molecule has 1 amide bonds. The predicted molar refractivity (Wildman–Crippen MR) is 59.9 cm³/mol. The van der Waals surface area contributed by atoms with E-state index in [1.165, 1.54) is 0 Å². The Morgan fingerprint density at radius 2 is 2.31 bits per heavy atom. The van der Waals surface area contributed by atoms with Crippen LogP contribution in [0.5, 0.6) is 0 Å². The fourth-order valence-electron chi connectivity index (χ4n) is 1.35. The molecular formula is C11H12N4O. The molecule has 0 unspecified atom stereocenters. The van der Waals surface area contributed by atoms with Crippen LogP contribution in [-0.4, -0.2) is 21.1 Å². The second-order valence-electron chi connectivity index (χ2n) is 3.48. The molecule has 0 fully saturated rings. The van der Waals surface area contributed by atoms with E-state index >= 15 is 0 Å². The minimum Gasteiger partial charge on any atom is -0.310 e. The van der Waals surface area contributed by atoms with Gasteiger partial charge in [-0.25, -0.2) is 4.98 Å². The number of aryl methyl sites for hydroxylation is 1. The van der Waals surface area contributed by atoms with E-state index in [1.807, 2.05) is 19.1 Å². The minimum absolute atomic E-state index is 0.106. The Morgan fingerprint density at radius 1 is 1.44 bits per heavy atom. The summed E-state index contributed by atoms with van der Waals surface area (Å²) in [6.07, 6.45) is 3.55. The normalized spacial score (nSPS) is 10.1. The van der Waals surface area contributed by atoms with Crippen LogP contribution in [0.3, 0.4) is 0 Å². The SMILES string of the molecule is Cc1cccnc1NC(=O)Cc1ccn[nH]1. The van der Waals surface area contributed by atoms with E-state index in [1.54, 1.807) is 18.5 Å². The van der Waals surface area contributed by atoms with Crippen LogP contribution in [0.15, 0.2) is 30.6 Å². The molecule has 0 aliphatic rings. The average molecular weight is 216 g/mol. The number of anilines is 1. The second-order valence-corrected chi connectivity index (χ2v) is 3.48. The second kappa shape index (κ2) is 4.57. The van der Waals surface area contributed by atoms with Gasteiger partial charge in [0.25, 0.3) is 0 Å². The van der Waals surface area contributed by atoms with Gasteiger partial charge in [0.1, 0.15) is 5.82 Å². The highest BCUT2D eigenvalue weighted by molar-refractivity contribution is 5.91. The summed E-state index contributed by atoms with van der Waals surface area (Å²) >= 11 is 0. The largest absolute Gasteiger partial charge is 0.310 e. The third-order valence-corrected chi connectivity index (χ3v) is 2.18. The first-order chi connectivity index (χ1) is 7.75. The lowest BCUT2D eigenvalue weighted by Crippen LogP contribution is -2.16. The molecule has 16 heavy (non-hydrogen) atoms. The van der Waals surface area contributed by atoms with Crippen molar-refractivity contribution in [1.82, 2.24) is 15.2 Å². The van der Waals surface area contributed by atoms with Crippen LogP contribution in [0, 0.1) is 6.92 Å². The monoisotopic (exact) mass is 216 g/mol. The Hall–Kier alpha value is -2.17. The number of rotatable bonds is 3. The summed E-state index contributed by atoms with van der Waals surface area (Å²) in [6.45, 7) is 1.90. The molecule has 2 heterocycles. The summed E-state index contributed by atoms with van der Waals surface area (Å²) in [5, 5.41) is 9.27. The minimum atomic E-state index is -0.106. The van der Waals surface area contributed by atoms with Crippen LogP contribution in [0.4, 0.5) is 5.82 Å². The Balaban J connectivity index is 2.00. The summed E-state index contributed by atoms with van der Waals surface area (Å²) in [7, 11) is 0. The number of carbonyl (C=O) groups excluding carboxylic acids is 1. The number of aromatic nitrogens is 3. The molecule has 2 aromatic heterocycles. The Kier molecular flexibility index (Phi) is 2.95. The number of aromatic amines is 1. The third kappa shape index (κ3) is 2.44. The lowest BCUT2D eigenvalue weighted by molar-refractivity contribution is -0.115. The number of pyridine rings is 1. The summed E-state index contributed by atoms with van der Waals surface area (Å²) in [4.78, 5) is 15.7. The standard InChI is InChI=1S/C11H12N4O/c1-8-3-2-5-12-11(8)14-10(16)7-9-4-6-13-15-9/h2-6H,7H2,1H3,(H,13,15)(H,12,14,16). The molecule has 0 spiro atoms. The van der Waals surface area contributed by atoms with E-state index in [-0.39, 0.29) is 12.3 Å². The van der Waals surface area contributed by atoms with Crippen molar-refractivity contribution >= 4 is 11.7 Å². The summed E-state index contributed by atoms with van der Waals surface area (Å²) in [5.74, 6) is 0.498. The number of nitrogens with one attached hydrogen (secondary N) is 2. The number of hydrogen-bond acceptors (Lipinski definition) is 3. The molecule has 82 valence electrons. The maximum absolute atomic E-state index is 11.6. The third-order valence-electron chi connectivity index (χ3n) is 2.18. The number of carbonyl (C=O) groups is 1. The molecule has 2 rings (SSSR count). The summed E-state index contributed by atoms with van der Waals surface area (Å²) in [6, 6.07) is 5.50. The van der Waals surface area contributed by atoms with Crippen molar-refractivity contribution in [2.45, 2.75) is 13.3 Å². The highest BCUT2D eigenvalue weighted by Crippen LogP contribution is 2.09. The van der Waals surface area contributed by atoms with Gasteiger partial charge in [-0.2, -0.15) is 5.10 Å². The van der Waals surface area contributed by atoms with Crippen LogP contribution < -0.4 is 5.32 Å². The molecule has 5 nitrogen and oxygen atoms in total. The van der Waals surface area contributed by atoms with E-state index in [2.05, 4.69) is 20.5 Å². The lowest BCUT2D eigenvalue weighted by Gasteiger charge is -2.05. The molecule has 0 saturated heterocycles. The van der Waals surface area contributed by atoms with Gasteiger partial charge in [0.05, 0.1) is 6.42 Å². The van der Waals surface area contributed by atoms with Crippen molar-refractivity contribution < 1.29 is 4.79 Å². The smallest absolute Gasteiger partial charge is 0.231 e. The zero-order chi connectivity index (χ0) is 11.4. The van der Waals surface area contributed by atoms with Crippen LogP contribution in [-0.2, 0) is 11.2 Å². The molecule has 2 aromatic rings.